The monoisotopic (exact) mass is 304 g/mol. The number of carboxylic acids is 1. The molecule has 1 saturated carbocycles. The zero-order valence-electron chi connectivity index (χ0n) is 11.5. The van der Waals surface area contributed by atoms with Crippen LogP contribution in [0.25, 0.3) is 0 Å². The van der Waals surface area contributed by atoms with Crippen molar-refractivity contribution in [1.29, 1.82) is 0 Å². The maximum atomic E-state index is 13.7. The molecule has 7 heteroatoms. The quantitative estimate of drug-likeness (QED) is 0.883. The molecule has 1 aromatic heterocycles. The predicted octanol–water partition coefficient (Wildman–Crippen LogP) is 2.25. The summed E-state index contributed by atoms with van der Waals surface area (Å²) in [6.07, 6.45) is 1.98. The van der Waals surface area contributed by atoms with Gasteiger partial charge in [0.2, 0.25) is 0 Å². The van der Waals surface area contributed by atoms with Crippen LogP contribution in [0, 0.1) is 5.82 Å². The molecule has 2 aromatic rings. The minimum Gasteiger partial charge on any atom is -0.479 e. The molecule has 1 aliphatic rings. The number of aromatic nitrogens is 1. The topological polar surface area (TPSA) is 92.4 Å². The minimum absolute atomic E-state index is 0.00973. The second-order valence-electron chi connectivity index (χ2n) is 5.16. The van der Waals surface area contributed by atoms with Gasteiger partial charge >= 0.3 is 5.97 Å². The summed E-state index contributed by atoms with van der Waals surface area (Å²) < 4.78 is 18.8. The second-order valence-corrected chi connectivity index (χ2v) is 5.16. The Kier molecular flexibility index (Phi) is 3.62. The Hall–Kier alpha value is -2.70. The largest absolute Gasteiger partial charge is 0.479 e. The molecule has 0 aliphatic heterocycles. The standard InChI is InChI=1S/C15H13FN2O4/c16-10-4-2-1-3-9(10)13(15(20)21)17-14(19)11-7-12(22-18-11)8-5-6-8/h1-4,7-8,13H,5-6H2,(H,17,19)(H,20,21)/t13-/m1/s1. The van der Waals surface area contributed by atoms with Gasteiger partial charge in [0.05, 0.1) is 0 Å². The molecule has 22 heavy (non-hydrogen) atoms. The molecule has 0 spiro atoms. The zero-order chi connectivity index (χ0) is 15.7. The minimum atomic E-state index is -1.49. The summed E-state index contributed by atoms with van der Waals surface area (Å²) in [4.78, 5) is 23.4. The van der Waals surface area contributed by atoms with Gasteiger partial charge in [-0.3, -0.25) is 4.79 Å². The van der Waals surface area contributed by atoms with Crippen molar-refractivity contribution in [1.82, 2.24) is 10.5 Å². The summed E-state index contributed by atoms with van der Waals surface area (Å²) in [5.41, 5.74) is -0.126. The Bertz CT molecular complexity index is 724. The third-order valence-electron chi connectivity index (χ3n) is 3.48. The highest BCUT2D eigenvalue weighted by Gasteiger charge is 2.30. The molecule has 0 bridgehead atoms. The molecule has 114 valence electrons. The predicted molar refractivity (Wildman–Crippen MR) is 72.7 cm³/mol. The van der Waals surface area contributed by atoms with E-state index in [0.717, 1.165) is 18.9 Å². The van der Waals surface area contributed by atoms with Crippen molar-refractivity contribution in [3.63, 3.8) is 0 Å². The number of nitrogens with one attached hydrogen (secondary N) is 1. The molecule has 1 fully saturated rings. The number of carboxylic acid groups (broad SMARTS) is 1. The van der Waals surface area contributed by atoms with E-state index in [1.807, 2.05) is 0 Å². The molecule has 0 unspecified atom stereocenters. The molecule has 1 heterocycles. The van der Waals surface area contributed by atoms with Gasteiger partial charge < -0.3 is 14.9 Å². The molecule has 6 nitrogen and oxygen atoms in total. The van der Waals surface area contributed by atoms with Gasteiger partial charge in [-0.2, -0.15) is 0 Å². The number of carbonyl (C=O) groups excluding carboxylic acids is 1. The Morgan fingerprint density at radius 2 is 2.09 bits per heavy atom. The molecule has 0 saturated heterocycles. The maximum absolute atomic E-state index is 13.7. The first-order chi connectivity index (χ1) is 10.6. The molecule has 2 N–H and O–H groups in total. The third-order valence-corrected chi connectivity index (χ3v) is 3.48. The number of hydrogen-bond donors (Lipinski definition) is 2. The summed E-state index contributed by atoms with van der Waals surface area (Å²) in [5.74, 6) is -1.87. The van der Waals surface area contributed by atoms with Crippen LogP contribution < -0.4 is 5.32 Å². The smallest absolute Gasteiger partial charge is 0.331 e. The van der Waals surface area contributed by atoms with Gasteiger partial charge in [-0.05, 0) is 18.9 Å². The SMILES string of the molecule is O=C(N[C@@H](C(=O)O)c1ccccc1F)c1cc(C2CC2)on1. The van der Waals surface area contributed by atoms with E-state index in [1.165, 1.54) is 24.3 Å². The number of benzene rings is 1. The van der Waals surface area contributed by atoms with Gasteiger partial charge in [-0.25, -0.2) is 9.18 Å². The van der Waals surface area contributed by atoms with Crippen molar-refractivity contribution < 1.29 is 23.6 Å². The highest BCUT2D eigenvalue weighted by Crippen LogP contribution is 2.40. The number of rotatable bonds is 5. The Labute approximate surface area is 124 Å². The Morgan fingerprint density at radius 3 is 2.73 bits per heavy atom. The van der Waals surface area contributed by atoms with Crippen molar-refractivity contribution in [2.24, 2.45) is 0 Å². The van der Waals surface area contributed by atoms with Crippen LogP contribution in [0.15, 0.2) is 34.9 Å². The van der Waals surface area contributed by atoms with Crippen LogP contribution in [0.5, 0.6) is 0 Å². The van der Waals surface area contributed by atoms with E-state index in [1.54, 1.807) is 0 Å². The van der Waals surface area contributed by atoms with E-state index in [9.17, 15) is 19.1 Å². The Morgan fingerprint density at radius 1 is 1.36 bits per heavy atom. The molecular formula is C15H13FN2O4. The molecule has 3 rings (SSSR count). The average Bonchev–Trinajstić information content (AvgIpc) is 3.22. The number of carbonyl (C=O) groups is 2. The molecule has 0 radical (unpaired) electrons. The van der Waals surface area contributed by atoms with Crippen LogP contribution >= 0.6 is 0 Å². The average molecular weight is 304 g/mol. The highest BCUT2D eigenvalue weighted by atomic mass is 19.1. The van der Waals surface area contributed by atoms with E-state index in [0.29, 0.717) is 5.76 Å². The number of hydrogen-bond acceptors (Lipinski definition) is 4. The van der Waals surface area contributed by atoms with Gasteiger partial charge in [0.25, 0.3) is 5.91 Å². The lowest BCUT2D eigenvalue weighted by molar-refractivity contribution is -0.139. The van der Waals surface area contributed by atoms with Crippen LogP contribution in [-0.4, -0.2) is 22.1 Å². The summed E-state index contributed by atoms with van der Waals surface area (Å²) >= 11 is 0. The second kappa shape index (κ2) is 5.59. The van der Waals surface area contributed by atoms with E-state index in [4.69, 9.17) is 4.52 Å². The van der Waals surface area contributed by atoms with Crippen molar-refractivity contribution in [2.45, 2.75) is 24.8 Å². The lowest BCUT2D eigenvalue weighted by atomic mass is 10.1. The van der Waals surface area contributed by atoms with E-state index in [2.05, 4.69) is 10.5 Å². The molecule has 1 atom stereocenters. The van der Waals surface area contributed by atoms with E-state index < -0.39 is 23.7 Å². The summed E-state index contributed by atoms with van der Waals surface area (Å²) in [6, 6.07) is 5.40. The highest BCUT2D eigenvalue weighted by molar-refractivity contribution is 5.95. The van der Waals surface area contributed by atoms with E-state index >= 15 is 0 Å². The normalized spacial score (nSPS) is 15.3. The van der Waals surface area contributed by atoms with Crippen molar-refractivity contribution >= 4 is 11.9 Å². The van der Waals surface area contributed by atoms with Crippen molar-refractivity contribution in [2.75, 3.05) is 0 Å². The lowest BCUT2D eigenvalue weighted by Crippen LogP contribution is -2.34. The number of nitrogens with zero attached hydrogens (tertiary/aromatic N) is 1. The number of aliphatic carboxylic acids is 1. The molecular weight excluding hydrogens is 291 g/mol. The molecule has 1 amide bonds. The molecule has 1 aliphatic carbocycles. The first-order valence-corrected chi connectivity index (χ1v) is 6.81. The van der Waals surface area contributed by atoms with Crippen LogP contribution in [0.3, 0.4) is 0 Å². The van der Waals surface area contributed by atoms with Gasteiger partial charge in [-0.1, -0.05) is 23.4 Å². The summed E-state index contributed by atoms with van der Waals surface area (Å²) in [6.45, 7) is 0. The van der Waals surface area contributed by atoms with E-state index in [-0.39, 0.29) is 17.2 Å². The lowest BCUT2D eigenvalue weighted by Gasteiger charge is -2.14. The van der Waals surface area contributed by atoms with Crippen molar-refractivity contribution in [3.8, 4) is 0 Å². The fraction of sp³-hybridized carbons (Fsp3) is 0.267. The van der Waals surface area contributed by atoms with Crippen LogP contribution in [0.2, 0.25) is 0 Å². The molecule has 1 aromatic carbocycles. The van der Waals surface area contributed by atoms with Crippen LogP contribution in [-0.2, 0) is 4.79 Å². The fourth-order valence-corrected chi connectivity index (χ4v) is 2.14. The number of amides is 1. The van der Waals surface area contributed by atoms with Crippen molar-refractivity contribution in [3.05, 3.63) is 53.2 Å². The number of halogens is 1. The fourth-order valence-electron chi connectivity index (χ4n) is 2.14. The third kappa shape index (κ3) is 2.83. The van der Waals surface area contributed by atoms with Gasteiger partial charge in [0, 0.05) is 17.5 Å². The zero-order valence-corrected chi connectivity index (χ0v) is 11.5. The first-order valence-electron chi connectivity index (χ1n) is 6.81. The Balaban J connectivity index is 1.79. The summed E-state index contributed by atoms with van der Waals surface area (Å²) in [5, 5.41) is 15.1. The van der Waals surface area contributed by atoms with Gasteiger partial charge in [-0.15, -0.1) is 0 Å². The summed E-state index contributed by atoms with van der Waals surface area (Å²) in [7, 11) is 0. The first kappa shape index (κ1) is 14.2. The van der Waals surface area contributed by atoms with Gasteiger partial charge in [0.1, 0.15) is 11.6 Å². The van der Waals surface area contributed by atoms with Crippen LogP contribution in [0.1, 0.15) is 46.6 Å². The maximum Gasteiger partial charge on any atom is 0.331 e. The van der Waals surface area contributed by atoms with Gasteiger partial charge in [0.15, 0.2) is 11.7 Å². The van der Waals surface area contributed by atoms with Crippen LogP contribution in [0.4, 0.5) is 4.39 Å².